The second kappa shape index (κ2) is 8.92. The van der Waals surface area contributed by atoms with Gasteiger partial charge in [0, 0.05) is 24.8 Å². The Morgan fingerprint density at radius 2 is 1.81 bits per heavy atom. The molecule has 6 heteroatoms. The van der Waals surface area contributed by atoms with Crippen LogP contribution in [-0.2, 0) is 4.79 Å². The predicted molar refractivity (Wildman–Crippen MR) is 102 cm³/mol. The third-order valence-corrected chi connectivity index (χ3v) is 5.11. The van der Waals surface area contributed by atoms with Crippen molar-refractivity contribution < 1.29 is 14.3 Å². The second-order valence-electron chi connectivity index (χ2n) is 7.04. The molecule has 0 bridgehead atoms. The lowest BCUT2D eigenvalue weighted by Crippen LogP contribution is -2.43. The van der Waals surface area contributed by atoms with Crippen molar-refractivity contribution in [3.8, 4) is 5.75 Å². The van der Waals surface area contributed by atoms with E-state index in [4.69, 9.17) is 4.74 Å². The third kappa shape index (κ3) is 4.68. The molecule has 2 aliphatic rings. The number of rotatable bonds is 6. The average Bonchev–Trinajstić information content (AvgIpc) is 2.84. The Bertz CT molecular complexity index is 609. The fourth-order valence-corrected chi connectivity index (χ4v) is 3.73. The summed E-state index contributed by atoms with van der Waals surface area (Å²) in [5.74, 6) is 0.751. The first-order valence-corrected chi connectivity index (χ1v) is 9.76. The first kappa shape index (κ1) is 18.5. The minimum Gasteiger partial charge on any atom is -0.494 e. The molecule has 1 N–H and O–H groups in total. The minimum absolute atomic E-state index is 0.0428. The molecule has 2 fully saturated rings. The molecule has 1 aliphatic heterocycles. The normalized spacial score (nSPS) is 18.7. The van der Waals surface area contributed by atoms with Gasteiger partial charge in [0.25, 0.3) is 0 Å². The van der Waals surface area contributed by atoms with Crippen LogP contribution in [0.15, 0.2) is 24.3 Å². The summed E-state index contributed by atoms with van der Waals surface area (Å²) in [6.07, 6.45) is 6.98. The molecular weight excluding hydrogens is 330 g/mol. The molecular formula is C20H29N3O3. The van der Waals surface area contributed by atoms with Gasteiger partial charge < -0.3 is 15.0 Å². The van der Waals surface area contributed by atoms with Crippen molar-refractivity contribution in [2.24, 2.45) is 0 Å². The summed E-state index contributed by atoms with van der Waals surface area (Å²) in [6.45, 7) is 3.87. The van der Waals surface area contributed by atoms with Gasteiger partial charge in [-0.05, 0) is 44.0 Å². The van der Waals surface area contributed by atoms with Gasteiger partial charge in [-0.1, -0.05) is 25.7 Å². The molecule has 0 unspecified atom stereocenters. The van der Waals surface area contributed by atoms with Crippen molar-refractivity contribution in [3.05, 3.63) is 24.3 Å². The summed E-state index contributed by atoms with van der Waals surface area (Å²) in [7, 11) is 0. The van der Waals surface area contributed by atoms with E-state index in [1.165, 1.54) is 25.7 Å². The van der Waals surface area contributed by atoms with Crippen LogP contribution in [0.3, 0.4) is 0 Å². The second-order valence-corrected chi connectivity index (χ2v) is 7.04. The van der Waals surface area contributed by atoms with E-state index in [0.29, 0.717) is 19.7 Å². The van der Waals surface area contributed by atoms with Gasteiger partial charge >= 0.3 is 6.03 Å². The number of anilines is 1. The average molecular weight is 359 g/mol. The van der Waals surface area contributed by atoms with Gasteiger partial charge in [-0.3, -0.25) is 9.69 Å². The fourth-order valence-electron chi connectivity index (χ4n) is 3.73. The Hall–Kier alpha value is -2.24. The van der Waals surface area contributed by atoms with Crippen LogP contribution in [0.4, 0.5) is 10.5 Å². The van der Waals surface area contributed by atoms with Crippen LogP contribution < -0.4 is 15.0 Å². The van der Waals surface area contributed by atoms with Crippen LogP contribution in [0.5, 0.6) is 5.75 Å². The fraction of sp³-hybridized carbons (Fsp3) is 0.600. The Kier molecular flexibility index (Phi) is 6.36. The van der Waals surface area contributed by atoms with Crippen LogP contribution >= 0.6 is 0 Å². The smallest absolute Gasteiger partial charge is 0.325 e. The zero-order valence-electron chi connectivity index (χ0n) is 15.6. The zero-order valence-corrected chi connectivity index (χ0v) is 15.6. The lowest BCUT2D eigenvalue weighted by atomic mass is 10.1. The van der Waals surface area contributed by atoms with Crippen LogP contribution in [0.25, 0.3) is 0 Å². The van der Waals surface area contributed by atoms with E-state index in [9.17, 15) is 9.59 Å². The lowest BCUT2D eigenvalue weighted by Gasteiger charge is -2.21. The van der Waals surface area contributed by atoms with E-state index >= 15 is 0 Å². The van der Waals surface area contributed by atoms with E-state index in [-0.39, 0.29) is 24.5 Å². The van der Waals surface area contributed by atoms with E-state index in [1.54, 1.807) is 9.80 Å². The van der Waals surface area contributed by atoms with Crippen LogP contribution in [-0.4, -0.2) is 49.1 Å². The van der Waals surface area contributed by atoms with Crippen molar-refractivity contribution >= 4 is 17.6 Å². The van der Waals surface area contributed by atoms with Gasteiger partial charge in [0.15, 0.2) is 0 Å². The van der Waals surface area contributed by atoms with Crippen LogP contribution in [0.1, 0.15) is 45.4 Å². The van der Waals surface area contributed by atoms with Gasteiger partial charge in [-0.15, -0.1) is 0 Å². The highest BCUT2D eigenvalue weighted by Crippen LogP contribution is 2.23. The summed E-state index contributed by atoms with van der Waals surface area (Å²) in [6, 6.07) is 7.67. The standard InChI is InChI=1S/C20H29N3O3/c1-2-26-18-11-9-17(10-12-18)23-14-13-22(20(23)25)15-19(24)21-16-7-5-3-4-6-8-16/h9-12,16H,2-8,13-15H2,1H3,(H,21,24). The summed E-state index contributed by atoms with van der Waals surface area (Å²) in [5, 5.41) is 3.11. The van der Waals surface area contributed by atoms with E-state index in [0.717, 1.165) is 24.3 Å². The highest BCUT2D eigenvalue weighted by atomic mass is 16.5. The lowest BCUT2D eigenvalue weighted by molar-refractivity contribution is -0.122. The summed E-state index contributed by atoms with van der Waals surface area (Å²) >= 11 is 0. The molecule has 26 heavy (non-hydrogen) atoms. The molecule has 6 nitrogen and oxygen atoms in total. The van der Waals surface area contributed by atoms with E-state index < -0.39 is 0 Å². The predicted octanol–water partition coefficient (Wildman–Crippen LogP) is 3.17. The number of nitrogens with zero attached hydrogens (tertiary/aromatic N) is 2. The van der Waals surface area contributed by atoms with Crippen LogP contribution in [0.2, 0.25) is 0 Å². The first-order chi connectivity index (χ1) is 12.7. The molecule has 1 aliphatic carbocycles. The van der Waals surface area contributed by atoms with Gasteiger partial charge in [0.1, 0.15) is 12.3 Å². The van der Waals surface area contributed by atoms with Crippen molar-refractivity contribution in [2.75, 3.05) is 31.1 Å². The van der Waals surface area contributed by atoms with Gasteiger partial charge in [0.05, 0.1) is 6.61 Å². The topological polar surface area (TPSA) is 61.9 Å². The maximum atomic E-state index is 12.6. The molecule has 1 saturated carbocycles. The third-order valence-electron chi connectivity index (χ3n) is 5.11. The number of ether oxygens (including phenoxy) is 1. The molecule has 3 amide bonds. The number of hydrogen-bond donors (Lipinski definition) is 1. The van der Waals surface area contributed by atoms with Crippen molar-refractivity contribution in [1.29, 1.82) is 0 Å². The number of hydrogen-bond acceptors (Lipinski definition) is 3. The largest absolute Gasteiger partial charge is 0.494 e. The SMILES string of the molecule is CCOc1ccc(N2CCN(CC(=O)NC3CCCCCC3)C2=O)cc1. The maximum absolute atomic E-state index is 12.6. The van der Waals surface area contributed by atoms with Gasteiger partial charge in [-0.25, -0.2) is 4.79 Å². The van der Waals surface area contributed by atoms with Gasteiger partial charge in [0.2, 0.25) is 5.91 Å². The van der Waals surface area contributed by atoms with Gasteiger partial charge in [-0.2, -0.15) is 0 Å². The molecule has 1 saturated heterocycles. The number of amides is 3. The Morgan fingerprint density at radius 1 is 1.12 bits per heavy atom. The number of urea groups is 1. The highest BCUT2D eigenvalue weighted by Gasteiger charge is 2.31. The molecule has 0 atom stereocenters. The number of benzene rings is 1. The number of carbonyl (C=O) groups is 2. The van der Waals surface area contributed by atoms with Crippen molar-refractivity contribution in [2.45, 2.75) is 51.5 Å². The summed E-state index contributed by atoms with van der Waals surface area (Å²) in [4.78, 5) is 28.3. The van der Waals surface area contributed by atoms with E-state index in [2.05, 4.69) is 5.32 Å². The first-order valence-electron chi connectivity index (χ1n) is 9.76. The molecule has 3 rings (SSSR count). The van der Waals surface area contributed by atoms with Crippen molar-refractivity contribution in [3.63, 3.8) is 0 Å². The Balaban J connectivity index is 1.52. The monoisotopic (exact) mass is 359 g/mol. The zero-order chi connectivity index (χ0) is 18.4. The molecule has 0 aromatic heterocycles. The highest BCUT2D eigenvalue weighted by molar-refractivity contribution is 5.96. The number of carbonyl (C=O) groups excluding carboxylic acids is 2. The van der Waals surface area contributed by atoms with Crippen LogP contribution in [0, 0.1) is 0 Å². The molecule has 142 valence electrons. The number of nitrogens with one attached hydrogen (secondary N) is 1. The minimum atomic E-state index is -0.106. The quantitative estimate of drug-likeness (QED) is 0.794. The molecule has 1 heterocycles. The molecule has 1 aromatic carbocycles. The Labute approximate surface area is 155 Å². The van der Waals surface area contributed by atoms with E-state index in [1.807, 2.05) is 31.2 Å². The summed E-state index contributed by atoms with van der Waals surface area (Å²) < 4.78 is 5.44. The van der Waals surface area contributed by atoms with Crippen molar-refractivity contribution in [1.82, 2.24) is 10.2 Å². The molecule has 0 radical (unpaired) electrons. The Morgan fingerprint density at radius 3 is 2.46 bits per heavy atom. The summed E-state index contributed by atoms with van der Waals surface area (Å²) in [5.41, 5.74) is 0.838. The maximum Gasteiger partial charge on any atom is 0.325 e. The molecule has 0 spiro atoms. The molecule has 1 aromatic rings.